The number of rotatable bonds is 3. The fraction of sp³-hybridized carbons (Fsp3) is 0.429. The summed E-state index contributed by atoms with van der Waals surface area (Å²) in [6.07, 6.45) is 3.85. The molecule has 0 aliphatic heterocycles. The van der Waals surface area contributed by atoms with Crippen LogP contribution < -0.4 is 5.32 Å². The van der Waals surface area contributed by atoms with Gasteiger partial charge in [0.1, 0.15) is 0 Å². The number of benzene rings is 1. The van der Waals surface area contributed by atoms with E-state index < -0.39 is 5.54 Å². The van der Waals surface area contributed by atoms with Crippen molar-refractivity contribution in [1.82, 2.24) is 10.3 Å². The normalized spacial score (nSPS) is 17.7. The van der Waals surface area contributed by atoms with E-state index in [-0.39, 0.29) is 12.5 Å². The van der Waals surface area contributed by atoms with E-state index in [1.54, 1.807) is 11.6 Å². The monoisotopic (exact) mass is 276 g/mol. The summed E-state index contributed by atoms with van der Waals surface area (Å²) in [5.41, 5.74) is 2.91. The lowest BCUT2D eigenvalue weighted by Crippen LogP contribution is -2.49. The molecule has 1 fully saturated rings. The molecule has 1 amide bonds. The highest BCUT2D eigenvalue weighted by atomic mass is 32.1. The van der Waals surface area contributed by atoms with E-state index in [1.165, 1.54) is 11.3 Å². The van der Waals surface area contributed by atoms with Gasteiger partial charge in [0.2, 0.25) is 0 Å². The number of thiazole rings is 1. The molecule has 1 heterocycles. The topological polar surface area (TPSA) is 62.2 Å². The Morgan fingerprint density at radius 2 is 2.21 bits per heavy atom. The first kappa shape index (κ1) is 12.6. The van der Waals surface area contributed by atoms with Crippen molar-refractivity contribution in [1.29, 1.82) is 0 Å². The molecule has 0 atom stereocenters. The van der Waals surface area contributed by atoms with Crippen molar-refractivity contribution in [2.24, 2.45) is 0 Å². The van der Waals surface area contributed by atoms with E-state index in [9.17, 15) is 9.90 Å². The van der Waals surface area contributed by atoms with Crippen LogP contribution in [0.3, 0.4) is 0 Å². The van der Waals surface area contributed by atoms with Crippen LogP contribution in [-0.4, -0.2) is 28.1 Å². The van der Waals surface area contributed by atoms with Crippen molar-refractivity contribution >= 4 is 27.5 Å². The van der Waals surface area contributed by atoms with Crippen molar-refractivity contribution < 1.29 is 9.90 Å². The Morgan fingerprint density at radius 1 is 1.42 bits per heavy atom. The Hall–Kier alpha value is -1.46. The molecule has 100 valence electrons. The Kier molecular flexibility index (Phi) is 3.24. The zero-order valence-electron chi connectivity index (χ0n) is 10.6. The molecule has 0 spiro atoms. The maximum absolute atomic E-state index is 12.3. The summed E-state index contributed by atoms with van der Waals surface area (Å²) in [6.45, 7) is 0.0154. The third kappa shape index (κ3) is 2.35. The van der Waals surface area contributed by atoms with E-state index in [1.807, 2.05) is 12.1 Å². The molecule has 2 aromatic rings. The summed E-state index contributed by atoms with van der Waals surface area (Å²) in [5.74, 6) is -0.105. The van der Waals surface area contributed by atoms with E-state index in [0.717, 1.165) is 35.9 Å². The van der Waals surface area contributed by atoms with Gasteiger partial charge in [0.05, 0.1) is 27.9 Å². The van der Waals surface area contributed by atoms with Crippen LogP contribution >= 0.6 is 11.3 Å². The maximum Gasteiger partial charge on any atom is 0.251 e. The number of carbonyl (C=O) groups is 1. The highest BCUT2D eigenvalue weighted by Gasteiger charge is 2.34. The predicted molar refractivity (Wildman–Crippen MR) is 75.4 cm³/mol. The molecule has 5 heteroatoms. The number of hydrogen-bond donors (Lipinski definition) is 2. The van der Waals surface area contributed by atoms with Crippen molar-refractivity contribution in [3.05, 3.63) is 29.3 Å². The molecule has 1 aromatic carbocycles. The number of hydrogen-bond acceptors (Lipinski definition) is 4. The highest BCUT2D eigenvalue weighted by Crippen LogP contribution is 2.29. The lowest BCUT2D eigenvalue weighted by Gasteiger charge is -2.27. The largest absolute Gasteiger partial charge is 0.394 e. The summed E-state index contributed by atoms with van der Waals surface area (Å²) >= 11 is 1.53. The molecular weight excluding hydrogens is 260 g/mol. The second-order valence-corrected chi connectivity index (χ2v) is 6.02. The predicted octanol–water partition coefficient (Wildman–Crippen LogP) is 2.33. The van der Waals surface area contributed by atoms with Gasteiger partial charge in [-0.25, -0.2) is 4.98 Å². The quantitative estimate of drug-likeness (QED) is 0.904. The molecule has 1 saturated carbocycles. The first-order valence-corrected chi connectivity index (χ1v) is 7.37. The summed E-state index contributed by atoms with van der Waals surface area (Å²) in [4.78, 5) is 16.5. The van der Waals surface area contributed by atoms with Gasteiger partial charge in [0.15, 0.2) is 0 Å². The van der Waals surface area contributed by atoms with Crippen LogP contribution in [0.2, 0.25) is 0 Å². The van der Waals surface area contributed by atoms with E-state index in [2.05, 4.69) is 10.3 Å². The Bertz CT molecular complexity index is 602. The number of carbonyl (C=O) groups excluding carboxylic acids is 1. The molecule has 3 rings (SSSR count). The number of aromatic nitrogens is 1. The first-order chi connectivity index (χ1) is 9.22. The Balaban J connectivity index is 1.82. The van der Waals surface area contributed by atoms with Crippen molar-refractivity contribution in [2.45, 2.75) is 31.2 Å². The number of fused-ring (bicyclic) bond motifs is 1. The molecule has 2 N–H and O–H groups in total. The molecule has 1 aliphatic carbocycles. The van der Waals surface area contributed by atoms with Gasteiger partial charge in [0.25, 0.3) is 5.91 Å². The average molecular weight is 276 g/mol. The van der Waals surface area contributed by atoms with Gasteiger partial charge in [-0.1, -0.05) is 12.8 Å². The molecule has 1 aromatic heterocycles. The van der Waals surface area contributed by atoms with Crippen LogP contribution in [0, 0.1) is 0 Å². The SMILES string of the molecule is O=C(NC1(CO)CCCC1)c1ccc2ncsc2c1. The molecule has 0 unspecified atom stereocenters. The van der Waals surface area contributed by atoms with Crippen LogP contribution in [0.25, 0.3) is 10.2 Å². The molecule has 0 radical (unpaired) electrons. The Labute approximate surface area is 115 Å². The standard InChI is InChI=1S/C14H16N2O2S/c17-8-14(5-1-2-6-14)16-13(18)10-3-4-11-12(7-10)19-9-15-11/h3-4,7,9,17H,1-2,5-6,8H2,(H,16,18). The summed E-state index contributed by atoms with van der Waals surface area (Å²) in [7, 11) is 0. The smallest absolute Gasteiger partial charge is 0.251 e. The summed E-state index contributed by atoms with van der Waals surface area (Å²) < 4.78 is 1.01. The number of nitrogens with zero attached hydrogens (tertiary/aromatic N) is 1. The molecule has 4 nitrogen and oxygen atoms in total. The van der Waals surface area contributed by atoms with Crippen molar-refractivity contribution in [2.75, 3.05) is 6.61 Å². The van der Waals surface area contributed by atoms with Crippen molar-refractivity contribution in [3.8, 4) is 0 Å². The zero-order chi connectivity index (χ0) is 13.3. The minimum atomic E-state index is -0.417. The minimum Gasteiger partial charge on any atom is -0.394 e. The maximum atomic E-state index is 12.3. The lowest BCUT2D eigenvalue weighted by atomic mass is 9.98. The average Bonchev–Trinajstić information content (AvgIpc) is 3.06. The van der Waals surface area contributed by atoms with E-state index in [4.69, 9.17) is 0 Å². The van der Waals surface area contributed by atoms with Crippen LogP contribution in [0.4, 0.5) is 0 Å². The van der Waals surface area contributed by atoms with Gasteiger partial charge in [-0.05, 0) is 31.0 Å². The summed E-state index contributed by atoms with van der Waals surface area (Å²) in [6, 6.07) is 5.51. The van der Waals surface area contributed by atoms with Gasteiger partial charge in [-0.15, -0.1) is 11.3 Å². The molecule has 19 heavy (non-hydrogen) atoms. The number of aliphatic hydroxyl groups excluding tert-OH is 1. The Morgan fingerprint density at radius 3 is 2.95 bits per heavy atom. The molecule has 0 saturated heterocycles. The zero-order valence-corrected chi connectivity index (χ0v) is 11.4. The number of nitrogens with one attached hydrogen (secondary N) is 1. The second kappa shape index (κ2) is 4.90. The molecule has 0 bridgehead atoms. The van der Waals surface area contributed by atoms with Crippen LogP contribution in [0.1, 0.15) is 36.0 Å². The molecule has 1 aliphatic rings. The van der Waals surface area contributed by atoms with Crippen LogP contribution in [0.5, 0.6) is 0 Å². The first-order valence-electron chi connectivity index (χ1n) is 6.49. The van der Waals surface area contributed by atoms with Gasteiger partial charge in [-0.2, -0.15) is 0 Å². The fourth-order valence-electron chi connectivity index (χ4n) is 2.68. The third-order valence-electron chi connectivity index (χ3n) is 3.84. The number of aliphatic hydroxyl groups is 1. The summed E-state index contributed by atoms with van der Waals surface area (Å²) in [5, 5.41) is 12.5. The molecular formula is C14H16N2O2S. The van der Waals surface area contributed by atoms with Gasteiger partial charge >= 0.3 is 0 Å². The van der Waals surface area contributed by atoms with Crippen LogP contribution in [0.15, 0.2) is 23.7 Å². The third-order valence-corrected chi connectivity index (χ3v) is 4.63. The van der Waals surface area contributed by atoms with Crippen LogP contribution in [-0.2, 0) is 0 Å². The van der Waals surface area contributed by atoms with Gasteiger partial charge in [-0.3, -0.25) is 4.79 Å². The second-order valence-electron chi connectivity index (χ2n) is 5.13. The van der Waals surface area contributed by atoms with Gasteiger partial charge in [0, 0.05) is 5.56 Å². The highest BCUT2D eigenvalue weighted by molar-refractivity contribution is 7.16. The van der Waals surface area contributed by atoms with Crippen molar-refractivity contribution in [3.63, 3.8) is 0 Å². The van der Waals surface area contributed by atoms with Gasteiger partial charge < -0.3 is 10.4 Å². The van der Waals surface area contributed by atoms with E-state index >= 15 is 0 Å². The minimum absolute atomic E-state index is 0.0154. The lowest BCUT2D eigenvalue weighted by molar-refractivity contribution is 0.0838. The van der Waals surface area contributed by atoms with E-state index in [0.29, 0.717) is 5.56 Å². The number of amides is 1. The fourth-order valence-corrected chi connectivity index (χ4v) is 3.40.